The summed E-state index contributed by atoms with van der Waals surface area (Å²) >= 11 is 0. The summed E-state index contributed by atoms with van der Waals surface area (Å²) in [6.07, 6.45) is 3.56. The molecule has 2 aromatic rings. The molecular formula is C24H30N2O3. The first-order valence-corrected chi connectivity index (χ1v) is 10.4. The lowest BCUT2D eigenvalue weighted by Gasteiger charge is -2.36. The zero-order chi connectivity index (χ0) is 20.6. The number of nitrogens with zero attached hydrogens (tertiary/aromatic N) is 2. The highest BCUT2D eigenvalue weighted by molar-refractivity contribution is 5.94. The number of carboxylic acid groups (broad SMARTS) is 1. The van der Waals surface area contributed by atoms with Crippen molar-refractivity contribution in [3.05, 3.63) is 71.3 Å². The van der Waals surface area contributed by atoms with E-state index in [0.717, 1.165) is 37.9 Å². The van der Waals surface area contributed by atoms with Crippen LogP contribution in [-0.4, -0.2) is 46.4 Å². The molecule has 1 aliphatic heterocycles. The highest BCUT2D eigenvalue weighted by Gasteiger charge is 2.27. The number of likely N-dealkylation sites (tertiary alicyclic amines) is 1. The molecule has 0 bridgehead atoms. The summed E-state index contributed by atoms with van der Waals surface area (Å²) in [5.41, 5.74) is 3.06. The molecule has 1 fully saturated rings. The van der Waals surface area contributed by atoms with E-state index in [0.29, 0.717) is 18.5 Å². The molecule has 0 aliphatic carbocycles. The Morgan fingerprint density at radius 3 is 2.52 bits per heavy atom. The lowest BCUT2D eigenvalue weighted by molar-refractivity contribution is -0.137. The van der Waals surface area contributed by atoms with Crippen LogP contribution in [0.15, 0.2) is 54.6 Å². The molecule has 1 N–H and O–H groups in total. The molecule has 2 aromatic carbocycles. The van der Waals surface area contributed by atoms with Crippen molar-refractivity contribution in [2.75, 3.05) is 13.6 Å². The fourth-order valence-electron chi connectivity index (χ4n) is 4.09. The summed E-state index contributed by atoms with van der Waals surface area (Å²) in [6.45, 7) is 2.32. The Balaban J connectivity index is 1.65. The fourth-order valence-corrected chi connectivity index (χ4v) is 4.09. The maximum Gasteiger partial charge on any atom is 0.303 e. The Kier molecular flexibility index (Phi) is 7.42. The number of rotatable bonds is 8. The molecular weight excluding hydrogens is 364 g/mol. The van der Waals surface area contributed by atoms with Crippen LogP contribution in [0.25, 0.3) is 0 Å². The average molecular weight is 395 g/mol. The molecule has 1 unspecified atom stereocenters. The van der Waals surface area contributed by atoms with Crippen molar-refractivity contribution < 1.29 is 14.7 Å². The van der Waals surface area contributed by atoms with E-state index in [1.54, 1.807) is 0 Å². The number of benzene rings is 2. The first-order valence-electron chi connectivity index (χ1n) is 10.4. The Hall–Kier alpha value is -2.66. The minimum atomic E-state index is -0.800. The van der Waals surface area contributed by atoms with Gasteiger partial charge in [-0.25, -0.2) is 0 Å². The molecule has 0 saturated carbocycles. The van der Waals surface area contributed by atoms with Gasteiger partial charge < -0.3 is 10.0 Å². The summed E-state index contributed by atoms with van der Waals surface area (Å²) in [4.78, 5) is 28.2. The number of amides is 1. The largest absolute Gasteiger partial charge is 0.481 e. The predicted octanol–water partition coefficient (Wildman–Crippen LogP) is 4.18. The second-order valence-corrected chi connectivity index (χ2v) is 7.94. The first kappa shape index (κ1) is 21.1. The van der Waals surface area contributed by atoms with Crippen molar-refractivity contribution in [1.82, 2.24) is 9.80 Å². The van der Waals surface area contributed by atoms with Gasteiger partial charge in [-0.2, -0.15) is 0 Å². The maximum atomic E-state index is 13.1. The molecule has 5 nitrogen and oxygen atoms in total. The first-order chi connectivity index (χ1) is 14.0. The van der Waals surface area contributed by atoms with Crippen LogP contribution in [0.3, 0.4) is 0 Å². The second kappa shape index (κ2) is 10.2. The van der Waals surface area contributed by atoms with Gasteiger partial charge in [-0.15, -0.1) is 0 Å². The number of hydrogen-bond acceptors (Lipinski definition) is 3. The van der Waals surface area contributed by atoms with Gasteiger partial charge in [0.15, 0.2) is 0 Å². The van der Waals surface area contributed by atoms with Gasteiger partial charge in [0.1, 0.15) is 0 Å². The molecule has 1 atom stereocenters. The van der Waals surface area contributed by atoms with Crippen LogP contribution in [-0.2, 0) is 17.9 Å². The monoisotopic (exact) mass is 394 g/mol. The second-order valence-electron chi connectivity index (χ2n) is 7.94. The minimum absolute atomic E-state index is 0.0210. The zero-order valence-electron chi connectivity index (χ0n) is 17.1. The minimum Gasteiger partial charge on any atom is -0.481 e. The van der Waals surface area contributed by atoms with Gasteiger partial charge in [-0.1, -0.05) is 42.5 Å². The standard InChI is InChI=1S/C24H30N2O3/c1-25(17-19-8-3-2-4-9-19)18-20-10-7-11-21(16-20)24(29)26-15-6-5-12-22(26)13-14-23(27)28/h2-4,7-11,16,22H,5-6,12-15,17-18H2,1H3,(H,27,28). The van der Waals surface area contributed by atoms with E-state index in [1.165, 1.54) is 5.56 Å². The maximum absolute atomic E-state index is 13.1. The Morgan fingerprint density at radius 2 is 1.76 bits per heavy atom. The summed E-state index contributed by atoms with van der Waals surface area (Å²) < 4.78 is 0. The number of aliphatic carboxylic acids is 1. The number of carbonyl (C=O) groups excluding carboxylic acids is 1. The van der Waals surface area contributed by atoms with Crippen molar-refractivity contribution >= 4 is 11.9 Å². The van der Waals surface area contributed by atoms with E-state index in [1.807, 2.05) is 41.3 Å². The van der Waals surface area contributed by atoms with Gasteiger partial charge in [-0.05, 0) is 56.0 Å². The van der Waals surface area contributed by atoms with Crippen LogP contribution in [0.1, 0.15) is 53.6 Å². The molecule has 0 aromatic heterocycles. The van der Waals surface area contributed by atoms with Gasteiger partial charge in [-0.3, -0.25) is 14.5 Å². The van der Waals surface area contributed by atoms with E-state index in [4.69, 9.17) is 5.11 Å². The summed E-state index contributed by atoms with van der Waals surface area (Å²) in [5.74, 6) is -0.779. The summed E-state index contributed by atoms with van der Waals surface area (Å²) in [7, 11) is 2.08. The molecule has 1 saturated heterocycles. The van der Waals surface area contributed by atoms with E-state index >= 15 is 0 Å². The molecule has 1 amide bonds. The van der Waals surface area contributed by atoms with Gasteiger partial charge in [0.05, 0.1) is 0 Å². The topological polar surface area (TPSA) is 60.9 Å². The van der Waals surface area contributed by atoms with E-state index in [2.05, 4.69) is 30.1 Å². The van der Waals surface area contributed by atoms with Gasteiger partial charge >= 0.3 is 5.97 Å². The third kappa shape index (κ3) is 6.16. The fraction of sp³-hybridized carbons (Fsp3) is 0.417. The zero-order valence-corrected chi connectivity index (χ0v) is 17.1. The van der Waals surface area contributed by atoms with Gasteiger partial charge in [0, 0.05) is 37.7 Å². The van der Waals surface area contributed by atoms with Crippen LogP contribution in [0.4, 0.5) is 0 Å². The Bertz CT molecular complexity index is 822. The summed E-state index contributed by atoms with van der Waals surface area (Å²) in [6, 6.07) is 18.2. The molecule has 1 aliphatic rings. The normalized spacial score (nSPS) is 16.8. The van der Waals surface area contributed by atoms with E-state index in [-0.39, 0.29) is 18.4 Å². The predicted molar refractivity (Wildman–Crippen MR) is 114 cm³/mol. The molecule has 5 heteroatoms. The van der Waals surface area contributed by atoms with Gasteiger partial charge in [0.2, 0.25) is 0 Å². The van der Waals surface area contributed by atoms with Crippen LogP contribution in [0, 0.1) is 0 Å². The van der Waals surface area contributed by atoms with Crippen molar-refractivity contribution in [2.45, 2.75) is 51.2 Å². The third-order valence-electron chi connectivity index (χ3n) is 5.50. The van der Waals surface area contributed by atoms with Crippen molar-refractivity contribution in [3.63, 3.8) is 0 Å². The molecule has 1 heterocycles. The SMILES string of the molecule is CN(Cc1ccccc1)Cc1cccc(C(=O)N2CCCCC2CCC(=O)O)c1. The average Bonchev–Trinajstić information content (AvgIpc) is 2.72. The van der Waals surface area contributed by atoms with Crippen molar-refractivity contribution in [2.24, 2.45) is 0 Å². The van der Waals surface area contributed by atoms with Crippen molar-refractivity contribution in [3.8, 4) is 0 Å². The molecule has 29 heavy (non-hydrogen) atoms. The smallest absolute Gasteiger partial charge is 0.303 e. The number of piperidine rings is 1. The van der Waals surface area contributed by atoms with E-state index < -0.39 is 5.97 Å². The van der Waals surface area contributed by atoms with Crippen LogP contribution in [0.2, 0.25) is 0 Å². The lowest BCUT2D eigenvalue weighted by Crippen LogP contribution is -2.44. The number of hydrogen-bond donors (Lipinski definition) is 1. The number of carbonyl (C=O) groups is 2. The van der Waals surface area contributed by atoms with Crippen LogP contribution < -0.4 is 0 Å². The number of carboxylic acids is 1. The highest BCUT2D eigenvalue weighted by Crippen LogP contribution is 2.23. The molecule has 154 valence electrons. The molecule has 0 spiro atoms. The van der Waals surface area contributed by atoms with Gasteiger partial charge in [0.25, 0.3) is 5.91 Å². The van der Waals surface area contributed by atoms with E-state index in [9.17, 15) is 9.59 Å². The third-order valence-corrected chi connectivity index (χ3v) is 5.50. The molecule has 0 radical (unpaired) electrons. The van der Waals surface area contributed by atoms with Crippen molar-refractivity contribution in [1.29, 1.82) is 0 Å². The molecule has 3 rings (SSSR count). The highest BCUT2D eigenvalue weighted by atomic mass is 16.4. The van der Waals surface area contributed by atoms with Crippen LogP contribution >= 0.6 is 0 Å². The quantitative estimate of drug-likeness (QED) is 0.730. The summed E-state index contributed by atoms with van der Waals surface area (Å²) in [5, 5.41) is 9.00. The van der Waals surface area contributed by atoms with Crippen LogP contribution in [0.5, 0.6) is 0 Å². The Labute approximate surface area is 172 Å². The lowest BCUT2D eigenvalue weighted by atomic mass is 9.96. The Morgan fingerprint density at radius 1 is 1.03 bits per heavy atom.